The van der Waals surface area contributed by atoms with Crippen LogP contribution in [0.3, 0.4) is 0 Å². The lowest BCUT2D eigenvalue weighted by Gasteiger charge is -2.13. The molecule has 0 saturated carbocycles. The number of rotatable bonds is 8. The van der Waals surface area contributed by atoms with Crippen LogP contribution in [0.1, 0.15) is 32.6 Å². The summed E-state index contributed by atoms with van der Waals surface area (Å²) in [6.45, 7) is 4.16. The first-order chi connectivity index (χ1) is 12.0. The number of hydrogen-bond donors (Lipinski definition) is 2. The zero-order valence-corrected chi connectivity index (χ0v) is 14.3. The molecule has 0 aliphatic heterocycles. The average Bonchev–Trinajstić information content (AvgIpc) is 3.07. The Morgan fingerprint density at radius 3 is 2.80 bits per heavy atom. The van der Waals surface area contributed by atoms with Crippen LogP contribution in [0.4, 0.5) is 4.39 Å². The van der Waals surface area contributed by atoms with Gasteiger partial charge in [0.25, 0.3) is 0 Å². The van der Waals surface area contributed by atoms with Gasteiger partial charge in [0.15, 0.2) is 11.7 Å². The highest BCUT2D eigenvalue weighted by Gasteiger charge is 2.16. The Bertz CT molecular complexity index is 730. The van der Waals surface area contributed by atoms with Crippen LogP contribution >= 0.6 is 0 Å². The lowest BCUT2D eigenvalue weighted by Crippen LogP contribution is -2.45. The van der Waals surface area contributed by atoms with Crippen LogP contribution < -0.4 is 10.6 Å². The highest BCUT2D eigenvalue weighted by Crippen LogP contribution is 2.23. The molecule has 2 N–H and O–H groups in total. The Kier molecular flexibility index (Phi) is 6.68. The summed E-state index contributed by atoms with van der Waals surface area (Å²) in [7, 11) is 0. The van der Waals surface area contributed by atoms with Crippen molar-refractivity contribution in [3.05, 3.63) is 42.2 Å². The van der Waals surface area contributed by atoms with Gasteiger partial charge in [0, 0.05) is 19.4 Å². The zero-order chi connectivity index (χ0) is 18.2. The van der Waals surface area contributed by atoms with Gasteiger partial charge >= 0.3 is 0 Å². The van der Waals surface area contributed by atoms with Crippen molar-refractivity contribution in [3.8, 4) is 11.3 Å². The Balaban J connectivity index is 1.84. The summed E-state index contributed by atoms with van der Waals surface area (Å²) in [6, 6.07) is 5.65. The smallest absolute Gasteiger partial charge is 0.242 e. The second kappa shape index (κ2) is 8.96. The normalized spacial score (nSPS) is 11.8. The van der Waals surface area contributed by atoms with E-state index in [1.54, 1.807) is 25.1 Å². The van der Waals surface area contributed by atoms with Gasteiger partial charge in [-0.25, -0.2) is 9.37 Å². The fourth-order valence-electron chi connectivity index (χ4n) is 2.21. The van der Waals surface area contributed by atoms with Crippen LogP contribution in [0.2, 0.25) is 0 Å². The maximum Gasteiger partial charge on any atom is 0.242 e. The first-order valence-corrected chi connectivity index (χ1v) is 8.28. The molecule has 2 aromatic rings. The SMILES string of the molecule is CCCNC(=O)C(C)NC(=O)CCc1ncc(-c2ccccc2F)o1. The summed E-state index contributed by atoms with van der Waals surface area (Å²) in [5.74, 6) is -0.217. The molecular weight excluding hydrogens is 325 g/mol. The molecule has 2 amide bonds. The number of carbonyl (C=O) groups excluding carboxylic acids is 2. The van der Waals surface area contributed by atoms with E-state index < -0.39 is 11.9 Å². The number of halogens is 1. The first-order valence-electron chi connectivity index (χ1n) is 8.28. The van der Waals surface area contributed by atoms with Crippen molar-refractivity contribution in [2.75, 3.05) is 6.54 Å². The quantitative estimate of drug-likeness (QED) is 0.768. The van der Waals surface area contributed by atoms with E-state index >= 15 is 0 Å². The van der Waals surface area contributed by atoms with E-state index in [0.717, 1.165) is 6.42 Å². The molecule has 0 saturated heterocycles. The van der Waals surface area contributed by atoms with Crippen LogP contribution in [-0.4, -0.2) is 29.4 Å². The predicted molar refractivity (Wildman–Crippen MR) is 91.1 cm³/mol. The van der Waals surface area contributed by atoms with E-state index in [-0.39, 0.29) is 24.7 Å². The van der Waals surface area contributed by atoms with E-state index in [9.17, 15) is 14.0 Å². The molecule has 0 radical (unpaired) electrons. The molecule has 0 aliphatic rings. The van der Waals surface area contributed by atoms with E-state index in [0.29, 0.717) is 23.8 Å². The number of aromatic nitrogens is 1. The molecule has 0 aliphatic carbocycles. The largest absolute Gasteiger partial charge is 0.441 e. The number of nitrogens with one attached hydrogen (secondary N) is 2. The molecule has 1 aromatic carbocycles. The first kappa shape index (κ1) is 18.6. The molecule has 2 rings (SSSR count). The Hall–Kier alpha value is -2.70. The lowest BCUT2D eigenvalue weighted by atomic mass is 10.2. The highest BCUT2D eigenvalue weighted by molar-refractivity contribution is 5.87. The van der Waals surface area contributed by atoms with Gasteiger partial charge in [0.1, 0.15) is 11.9 Å². The molecule has 7 heteroatoms. The molecule has 0 fully saturated rings. The fourth-order valence-corrected chi connectivity index (χ4v) is 2.21. The van der Waals surface area contributed by atoms with Gasteiger partial charge in [-0.1, -0.05) is 19.1 Å². The summed E-state index contributed by atoms with van der Waals surface area (Å²) in [5.41, 5.74) is 0.326. The minimum absolute atomic E-state index is 0.128. The van der Waals surface area contributed by atoms with Gasteiger partial charge in [0.05, 0.1) is 11.8 Å². The van der Waals surface area contributed by atoms with Crippen molar-refractivity contribution in [1.29, 1.82) is 0 Å². The number of aryl methyl sites for hydroxylation is 1. The maximum absolute atomic E-state index is 13.7. The zero-order valence-electron chi connectivity index (χ0n) is 14.3. The summed E-state index contributed by atoms with van der Waals surface area (Å²) >= 11 is 0. The topological polar surface area (TPSA) is 84.2 Å². The number of amides is 2. The van der Waals surface area contributed by atoms with Crippen LogP contribution in [0.15, 0.2) is 34.9 Å². The van der Waals surface area contributed by atoms with Gasteiger partial charge in [-0.2, -0.15) is 0 Å². The maximum atomic E-state index is 13.7. The third kappa shape index (κ3) is 5.41. The van der Waals surface area contributed by atoms with E-state index in [4.69, 9.17) is 4.42 Å². The average molecular weight is 347 g/mol. The van der Waals surface area contributed by atoms with Crippen LogP contribution in [0, 0.1) is 5.82 Å². The molecule has 134 valence electrons. The van der Waals surface area contributed by atoms with Gasteiger partial charge < -0.3 is 15.1 Å². The van der Waals surface area contributed by atoms with Gasteiger partial charge in [-0.3, -0.25) is 9.59 Å². The van der Waals surface area contributed by atoms with Crippen molar-refractivity contribution in [2.45, 2.75) is 39.2 Å². The number of nitrogens with zero attached hydrogens (tertiary/aromatic N) is 1. The lowest BCUT2D eigenvalue weighted by molar-refractivity contribution is -0.128. The van der Waals surface area contributed by atoms with E-state index in [1.807, 2.05) is 6.92 Å². The van der Waals surface area contributed by atoms with Crippen molar-refractivity contribution in [2.24, 2.45) is 0 Å². The number of benzene rings is 1. The number of oxazole rings is 1. The molecular formula is C18H22FN3O3. The molecule has 0 spiro atoms. The summed E-state index contributed by atoms with van der Waals surface area (Å²) in [6.07, 6.45) is 2.67. The molecule has 1 unspecified atom stereocenters. The van der Waals surface area contributed by atoms with Crippen LogP contribution in [0.5, 0.6) is 0 Å². The minimum atomic E-state index is -0.599. The fraction of sp³-hybridized carbons (Fsp3) is 0.389. The van der Waals surface area contributed by atoms with Gasteiger partial charge in [0.2, 0.25) is 11.8 Å². The van der Waals surface area contributed by atoms with Crippen molar-refractivity contribution in [1.82, 2.24) is 15.6 Å². The third-order valence-electron chi connectivity index (χ3n) is 3.58. The number of hydrogen-bond acceptors (Lipinski definition) is 4. The van der Waals surface area contributed by atoms with Crippen LogP contribution in [-0.2, 0) is 16.0 Å². The Morgan fingerprint density at radius 1 is 1.32 bits per heavy atom. The predicted octanol–water partition coefficient (Wildman–Crippen LogP) is 2.44. The van der Waals surface area contributed by atoms with Gasteiger partial charge in [-0.15, -0.1) is 0 Å². The van der Waals surface area contributed by atoms with E-state index in [2.05, 4.69) is 15.6 Å². The summed E-state index contributed by atoms with van der Waals surface area (Å²) in [4.78, 5) is 27.7. The molecule has 1 atom stereocenters. The van der Waals surface area contributed by atoms with E-state index in [1.165, 1.54) is 12.3 Å². The molecule has 0 bridgehead atoms. The third-order valence-corrected chi connectivity index (χ3v) is 3.58. The minimum Gasteiger partial charge on any atom is -0.441 e. The standard InChI is InChI=1S/C18H22FN3O3/c1-3-10-20-18(24)12(2)22-16(23)8-9-17-21-11-15(25-17)13-6-4-5-7-14(13)19/h4-7,11-12H,3,8-10H2,1-2H3,(H,20,24)(H,22,23). The molecule has 1 aromatic heterocycles. The Labute approximate surface area is 145 Å². The van der Waals surface area contributed by atoms with Crippen molar-refractivity contribution < 1.29 is 18.4 Å². The summed E-state index contributed by atoms with van der Waals surface area (Å²) in [5, 5.41) is 5.34. The second-order valence-corrected chi connectivity index (χ2v) is 5.68. The van der Waals surface area contributed by atoms with Crippen LogP contribution in [0.25, 0.3) is 11.3 Å². The molecule has 1 heterocycles. The molecule has 6 nitrogen and oxygen atoms in total. The monoisotopic (exact) mass is 347 g/mol. The number of carbonyl (C=O) groups is 2. The van der Waals surface area contributed by atoms with Crippen molar-refractivity contribution in [3.63, 3.8) is 0 Å². The molecule has 25 heavy (non-hydrogen) atoms. The summed E-state index contributed by atoms with van der Waals surface area (Å²) < 4.78 is 19.2. The second-order valence-electron chi connectivity index (χ2n) is 5.68. The van der Waals surface area contributed by atoms with Gasteiger partial charge in [-0.05, 0) is 25.5 Å². The Morgan fingerprint density at radius 2 is 2.08 bits per heavy atom. The van der Waals surface area contributed by atoms with Crippen molar-refractivity contribution >= 4 is 11.8 Å². The highest BCUT2D eigenvalue weighted by atomic mass is 19.1.